The molecule has 5 nitrogen and oxygen atoms in total. The van der Waals surface area contributed by atoms with E-state index in [9.17, 15) is 4.79 Å². The van der Waals surface area contributed by atoms with Crippen LogP contribution in [0.3, 0.4) is 0 Å². The molecule has 0 fully saturated rings. The van der Waals surface area contributed by atoms with Gasteiger partial charge in [-0.2, -0.15) is 0 Å². The number of carbonyl (C=O) groups is 1. The Bertz CT molecular complexity index is 770. The van der Waals surface area contributed by atoms with Crippen LogP contribution in [0.4, 0.5) is 5.82 Å². The number of nitrogens with one attached hydrogen (secondary N) is 2. The van der Waals surface area contributed by atoms with Crippen molar-refractivity contribution in [1.82, 2.24) is 10.3 Å². The molecule has 2 N–H and O–H groups in total. The summed E-state index contributed by atoms with van der Waals surface area (Å²) in [5.74, 6) is 1.35. The lowest BCUT2D eigenvalue weighted by atomic mass is 10.1. The fourth-order valence-corrected chi connectivity index (χ4v) is 2.33. The number of furan rings is 1. The van der Waals surface area contributed by atoms with Crippen LogP contribution in [0, 0.1) is 0 Å². The van der Waals surface area contributed by atoms with Gasteiger partial charge in [-0.1, -0.05) is 30.3 Å². The third kappa shape index (κ3) is 4.46. The fraction of sp³-hybridized carbons (Fsp3) is 0.158. The highest BCUT2D eigenvalue weighted by atomic mass is 16.3. The van der Waals surface area contributed by atoms with Crippen LogP contribution in [0.15, 0.2) is 71.5 Å². The first kappa shape index (κ1) is 15.8. The third-order valence-electron chi connectivity index (χ3n) is 3.59. The maximum atomic E-state index is 12.2. The maximum Gasteiger partial charge on any atom is 0.251 e. The zero-order valence-electron chi connectivity index (χ0n) is 13.2. The average Bonchev–Trinajstić information content (AvgIpc) is 3.15. The van der Waals surface area contributed by atoms with Gasteiger partial charge in [0, 0.05) is 18.3 Å². The smallest absolute Gasteiger partial charge is 0.251 e. The Morgan fingerprint density at radius 1 is 1.08 bits per heavy atom. The number of hydrogen-bond donors (Lipinski definition) is 2. The summed E-state index contributed by atoms with van der Waals surface area (Å²) < 4.78 is 5.26. The Balaban J connectivity index is 1.52. The van der Waals surface area contributed by atoms with Gasteiger partial charge >= 0.3 is 0 Å². The van der Waals surface area contributed by atoms with Gasteiger partial charge in [0.2, 0.25) is 0 Å². The number of rotatable bonds is 7. The van der Waals surface area contributed by atoms with E-state index in [1.165, 1.54) is 5.56 Å². The SMILES string of the molecule is O=C(NCCc1ccccc1)c1ccnc(NCc2ccco2)c1. The number of hydrogen-bond acceptors (Lipinski definition) is 4. The van der Waals surface area contributed by atoms with Crippen LogP contribution in [-0.4, -0.2) is 17.4 Å². The van der Waals surface area contributed by atoms with Gasteiger partial charge in [0.25, 0.3) is 5.91 Å². The number of pyridine rings is 1. The van der Waals surface area contributed by atoms with Crippen LogP contribution in [0.5, 0.6) is 0 Å². The van der Waals surface area contributed by atoms with Crippen LogP contribution in [0.25, 0.3) is 0 Å². The standard InChI is InChI=1S/C19H19N3O2/c23-19(21-10-8-15-5-2-1-3-6-15)16-9-11-20-18(13-16)22-14-17-7-4-12-24-17/h1-7,9,11-13H,8,10,14H2,(H,20,22)(H,21,23). The van der Waals surface area contributed by atoms with E-state index in [1.807, 2.05) is 30.3 Å². The van der Waals surface area contributed by atoms with E-state index in [-0.39, 0.29) is 5.91 Å². The summed E-state index contributed by atoms with van der Waals surface area (Å²) in [4.78, 5) is 16.5. The monoisotopic (exact) mass is 321 g/mol. The van der Waals surface area contributed by atoms with Crippen molar-refractivity contribution in [3.63, 3.8) is 0 Å². The molecule has 0 radical (unpaired) electrons. The summed E-state index contributed by atoms with van der Waals surface area (Å²) in [5, 5.41) is 6.07. The summed E-state index contributed by atoms with van der Waals surface area (Å²) in [6.45, 7) is 1.12. The normalized spacial score (nSPS) is 10.3. The Morgan fingerprint density at radius 3 is 2.75 bits per heavy atom. The Labute approximate surface area is 140 Å². The number of aromatic nitrogens is 1. The highest BCUT2D eigenvalue weighted by molar-refractivity contribution is 5.94. The second kappa shape index (κ2) is 7.97. The molecule has 0 unspecified atom stereocenters. The molecule has 2 heterocycles. The summed E-state index contributed by atoms with van der Waals surface area (Å²) in [6.07, 6.45) is 4.05. The van der Waals surface area contributed by atoms with E-state index < -0.39 is 0 Å². The van der Waals surface area contributed by atoms with Gasteiger partial charge in [-0.25, -0.2) is 4.98 Å². The number of carbonyl (C=O) groups excluding carboxylic acids is 1. The zero-order chi connectivity index (χ0) is 16.6. The topological polar surface area (TPSA) is 67.2 Å². The zero-order valence-corrected chi connectivity index (χ0v) is 13.2. The molecule has 0 aliphatic heterocycles. The second-order valence-electron chi connectivity index (χ2n) is 5.35. The van der Waals surface area contributed by atoms with Gasteiger partial charge < -0.3 is 15.1 Å². The highest BCUT2D eigenvalue weighted by Crippen LogP contribution is 2.09. The minimum Gasteiger partial charge on any atom is -0.467 e. The molecule has 3 rings (SSSR count). The van der Waals surface area contributed by atoms with Crippen molar-refractivity contribution in [3.05, 3.63) is 83.9 Å². The average molecular weight is 321 g/mol. The fourth-order valence-electron chi connectivity index (χ4n) is 2.33. The largest absolute Gasteiger partial charge is 0.467 e. The van der Waals surface area contributed by atoms with Crippen molar-refractivity contribution < 1.29 is 9.21 Å². The Morgan fingerprint density at radius 2 is 1.96 bits per heavy atom. The highest BCUT2D eigenvalue weighted by Gasteiger charge is 2.07. The number of nitrogens with zero attached hydrogens (tertiary/aromatic N) is 1. The lowest BCUT2D eigenvalue weighted by Crippen LogP contribution is -2.25. The second-order valence-corrected chi connectivity index (χ2v) is 5.35. The molecule has 0 saturated heterocycles. The van der Waals surface area contributed by atoms with Crippen molar-refractivity contribution in [2.24, 2.45) is 0 Å². The Hall–Kier alpha value is -3.08. The molecule has 1 aromatic carbocycles. The maximum absolute atomic E-state index is 12.2. The van der Waals surface area contributed by atoms with E-state index in [0.29, 0.717) is 24.5 Å². The first-order chi connectivity index (χ1) is 11.8. The quantitative estimate of drug-likeness (QED) is 0.701. The van der Waals surface area contributed by atoms with Crippen molar-refractivity contribution in [3.8, 4) is 0 Å². The number of benzene rings is 1. The van der Waals surface area contributed by atoms with Crippen molar-refractivity contribution >= 4 is 11.7 Å². The molecule has 0 bridgehead atoms. The number of amides is 1. The third-order valence-corrected chi connectivity index (χ3v) is 3.59. The molecule has 0 spiro atoms. The van der Waals surface area contributed by atoms with Crippen LogP contribution in [0.1, 0.15) is 21.7 Å². The predicted octanol–water partition coefficient (Wildman–Crippen LogP) is 3.26. The van der Waals surface area contributed by atoms with Crippen LogP contribution < -0.4 is 10.6 Å². The van der Waals surface area contributed by atoms with Crippen molar-refractivity contribution in [1.29, 1.82) is 0 Å². The van der Waals surface area contributed by atoms with E-state index in [1.54, 1.807) is 24.6 Å². The van der Waals surface area contributed by atoms with Gasteiger partial charge in [0.05, 0.1) is 12.8 Å². The molecule has 122 valence electrons. The molecule has 3 aromatic rings. The molecule has 0 saturated carbocycles. The van der Waals surface area contributed by atoms with Crippen LogP contribution in [0.2, 0.25) is 0 Å². The van der Waals surface area contributed by atoms with Gasteiger partial charge in [-0.3, -0.25) is 4.79 Å². The van der Waals surface area contributed by atoms with Gasteiger partial charge in [-0.05, 0) is 36.2 Å². The molecular formula is C19H19N3O2. The van der Waals surface area contributed by atoms with Gasteiger partial charge in [-0.15, -0.1) is 0 Å². The molecule has 0 aliphatic carbocycles. The minimum absolute atomic E-state index is 0.102. The Kier molecular flexibility index (Phi) is 5.24. The molecular weight excluding hydrogens is 302 g/mol. The lowest BCUT2D eigenvalue weighted by Gasteiger charge is -2.08. The van der Waals surface area contributed by atoms with E-state index in [2.05, 4.69) is 27.8 Å². The first-order valence-electron chi connectivity index (χ1n) is 7.86. The number of anilines is 1. The summed E-state index contributed by atoms with van der Waals surface area (Å²) in [7, 11) is 0. The van der Waals surface area contributed by atoms with Crippen LogP contribution >= 0.6 is 0 Å². The molecule has 2 aromatic heterocycles. The van der Waals surface area contributed by atoms with Gasteiger partial charge in [0.15, 0.2) is 0 Å². The summed E-state index contributed by atoms with van der Waals surface area (Å²) >= 11 is 0. The molecule has 24 heavy (non-hydrogen) atoms. The predicted molar refractivity (Wildman–Crippen MR) is 92.8 cm³/mol. The van der Waals surface area contributed by atoms with Gasteiger partial charge in [0.1, 0.15) is 11.6 Å². The van der Waals surface area contributed by atoms with Crippen molar-refractivity contribution in [2.75, 3.05) is 11.9 Å². The van der Waals surface area contributed by atoms with E-state index in [0.717, 1.165) is 12.2 Å². The van der Waals surface area contributed by atoms with E-state index in [4.69, 9.17) is 4.42 Å². The summed E-state index contributed by atoms with van der Waals surface area (Å²) in [5.41, 5.74) is 1.79. The van der Waals surface area contributed by atoms with E-state index >= 15 is 0 Å². The summed E-state index contributed by atoms with van der Waals surface area (Å²) in [6, 6.07) is 17.2. The first-order valence-corrected chi connectivity index (χ1v) is 7.86. The molecule has 0 aliphatic rings. The molecule has 0 atom stereocenters. The van der Waals surface area contributed by atoms with Crippen LogP contribution in [-0.2, 0) is 13.0 Å². The minimum atomic E-state index is -0.102. The lowest BCUT2D eigenvalue weighted by molar-refractivity contribution is 0.0954. The molecule has 1 amide bonds. The molecule has 5 heteroatoms. The van der Waals surface area contributed by atoms with Crippen molar-refractivity contribution in [2.45, 2.75) is 13.0 Å².